The summed E-state index contributed by atoms with van der Waals surface area (Å²) in [5.41, 5.74) is 2.06. The van der Waals surface area contributed by atoms with Gasteiger partial charge in [0, 0.05) is 6.54 Å². The largest absolute Gasteiger partial charge is 0.463 e. The van der Waals surface area contributed by atoms with Gasteiger partial charge < -0.3 is 9.73 Å². The van der Waals surface area contributed by atoms with Crippen molar-refractivity contribution in [2.75, 3.05) is 5.75 Å². The lowest BCUT2D eigenvalue weighted by Crippen LogP contribution is -2.24. The van der Waals surface area contributed by atoms with Crippen LogP contribution in [0, 0.1) is 5.82 Å². The summed E-state index contributed by atoms with van der Waals surface area (Å²) in [6, 6.07) is 13.2. The third-order valence-corrected chi connectivity index (χ3v) is 4.66. The topological polar surface area (TPSA) is 85.3 Å². The number of nitrogens with one attached hydrogen (secondary N) is 1. The van der Waals surface area contributed by atoms with Gasteiger partial charge in [-0.2, -0.15) is 9.61 Å². The average molecular weight is 383 g/mol. The molecule has 0 saturated heterocycles. The molecular formula is C18H14FN5O2S. The molecule has 9 heteroatoms. The fraction of sp³-hybridized carbons (Fsp3) is 0.111. The molecule has 0 aliphatic carbocycles. The highest BCUT2D eigenvalue weighted by atomic mass is 32.2. The van der Waals surface area contributed by atoms with E-state index in [2.05, 4.69) is 20.6 Å². The van der Waals surface area contributed by atoms with Crippen LogP contribution >= 0.6 is 11.8 Å². The molecule has 4 aromatic rings. The van der Waals surface area contributed by atoms with Crippen LogP contribution in [0.2, 0.25) is 0 Å². The number of aromatic nitrogens is 4. The van der Waals surface area contributed by atoms with Gasteiger partial charge in [0.2, 0.25) is 11.1 Å². The highest BCUT2D eigenvalue weighted by Gasteiger charge is 2.12. The van der Waals surface area contributed by atoms with Crippen molar-refractivity contribution < 1.29 is 13.6 Å². The minimum absolute atomic E-state index is 0.161. The molecule has 0 atom stereocenters. The Morgan fingerprint density at radius 3 is 2.78 bits per heavy atom. The molecular weight excluding hydrogens is 369 g/mol. The van der Waals surface area contributed by atoms with Gasteiger partial charge in [0.25, 0.3) is 0 Å². The van der Waals surface area contributed by atoms with Gasteiger partial charge in [0.05, 0.1) is 12.0 Å². The number of thioether (sulfide) groups is 1. The number of carbonyl (C=O) groups is 1. The minimum atomic E-state index is -0.305. The Morgan fingerprint density at radius 2 is 2.00 bits per heavy atom. The number of fused-ring (bicyclic) bond motifs is 1. The number of carbonyl (C=O) groups excluding carboxylic acids is 1. The van der Waals surface area contributed by atoms with Crippen LogP contribution in [0.15, 0.2) is 64.4 Å². The second-order valence-corrected chi connectivity index (χ2v) is 6.58. The van der Waals surface area contributed by atoms with Gasteiger partial charge in [-0.1, -0.05) is 23.9 Å². The highest BCUT2D eigenvalue weighted by molar-refractivity contribution is 7.99. The highest BCUT2D eigenvalue weighted by Crippen LogP contribution is 2.20. The van der Waals surface area contributed by atoms with E-state index in [1.165, 1.54) is 23.9 Å². The van der Waals surface area contributed by atoms with Gasteiger partial charge in [-0.3, -0.25) is 4.79 Å². The lowest BCUT2D eigenvalue weighted by Gasteiger charge is -2.05. The van der Waals surface area contributed by atoms with E-state index in [4.69, 9.17) is 4.42 Å². The SMILES string of the molecule is O=C(CSc1nnc2ccc(-c3ccco3)nn12)NCc1ccc(F)cc1. The molecule has 0 aliphatic rings. The number of amides is 1. The molecule has 0 unspecified atom stereocenters. The molecule has 0 aliphatic heterocycles. The summed E-state index contributed by atoms with van der Waals surface area (Å²) < 4.78 is 19.8. The number of hydrogen-bond donors (Lipinski definition) is 1. The Morgan fingerprint density at radius 1 is 1.15 bits per heavy atom. The van der Waals surface area contributed by atoms with Crippen molar-refractivity contribution >= 4 is 23.3 Å². The predicted octanol–water partition coefficient (Wildman–Crippen LogP) is 2.93. The van der Waals surface area contributed by atoms with Crippen molar-refractivity contribution in [2.24, 2.45) is 0 Å². The fourth-order valence-corrected chi connectivity index (χ4v) is 3.12. The molecule has 1 N–H and O–H groups in total. The number of nitrogens with zero attached hydrogens (tertiary/aromatic N) is 4. The lowest BCUT2D eigenvalue weighted by atomic mass is 10.2. The summed E-state index contributed by atoms with van der Waals surface area (Å²) in [6.07, 6.45) is 1.58. The van der Waals surface area contributed by atoms with Crippen LogP contribution in [-0.2, 0) is 11.3 Å². The maximum absolute atomic E-state index is 12.9. The third kappa shape index (κ3) is 3.98. The standard InChI is InChI=1S/C18H14FN5O2S/c19-13-5-3-12(4-6-13)10-20-17(25)11-27-18-22-21-16-8-7-14(23-24(16)18)15-2-1-9-26-15/h1-9H,10-11H2,(H,20,25). The molecule has 1 amide bonds. The maximum atomic E-state index is 12.9. The van der Waals surface area contributed by atoms with Gasteiger partial charge in [-0.15, -0.1) is 10.2 Å². The summed E-state index contributed by atoms with van der Waals surface area (Å²) in [5.74, 6) is 0.330. The molecule has 7 nitrogen and oxygen atoms in total. The van der Waals surface area contributed by atoms with E-state index in [1.54, 1.807) is 41.1 Å². The summed E-state index contributed by atoms with van der Waals surface area (Å²) in [7, 11) is 0. The molecule has 0 bridgehead atoms. The van der Waals surface area contributed by atoms with Gasteiger partial charge in [-0.05, 0) is 42.0 Å². The number of rotatable bonds is 6. The quantitative estimate of drug-likeness (QED) is 0.515. The van der Waals surface area contributed by atoms with Crippen LogP contribution in [0.5, 0.6) is 0 Å². The van der Waals surface area contributed by atoms with Crippen LogP contribution < -0.4 is 5.32 Å². The second-order valence-electron chi connectivity index (χ2n) is 5.64. The molecule has 3 aromatic heterocycles. The average Bonchev–Trinajstić information content (AvgIpc) is 3.35. The van der Waals surface area contributed by atoms with E-state index < -0.39 is 0 Å². The monoisotopic (exact) mass is 383 g/mol. The van der Waals surface area contributed by atoms with Gasteiger partial charge >= 0.3 is 0 Å². The van der Waals surface area contributed by atoms with E-state index in [-0.39, 0.29) is 17.5 Å². The molecule has 4 rings (SSSR count). The molecule has 0 saturated carbocycles. The first-order valence-electron chi connectivity index (χ1n) is 8.09. The van der Waals surface area contributed by atoms with Crippen molar-refractivity contribution in [3.05, 3.63) is 66.2 Å². The van der Waals surface area contributed by atoms with Crippen molar-refractivity contribution in [1.29, 1.82) is 0 Å². The second kappa shape index (κ2) is 7.58. The predicted molar refractivity (Wildman–Crippen MR) is 97.5 cm³/mol. The number of hydrogen-bond acceptors (Lipinski definition) is 6. The van der Waals surface area contributed by atoms with Crippen LogP contribution in [0.1, 0.15) is 5.56 Å². The zero-order chi connectivity index (χ0) is 18.6. The number of benzene rings is 1. The first-order valence-corrected chi connectivity index (χ1v) is 9.08. The summed E-state index contributed by atoms with van der Waals surface area (Å²) in [5, 5.41) is 15.9. The molecule has 3 heterocycles. The number of halogens is 1. The Balaban J connectivity index is 1.40. The van der Waals surface area contributed by atoms with E-state index in [1.807, 2.05) is 6.07 Å². The summed E-state index contributed by atoms with van der Waals surface area (Å²) in [4.78, 5) is 12.1. The summed E-state index contributed by atoms with van der Waals surface area (Å²) in [6.45, 7) is 0.334. The van der Waals surface area contributed by atoms with Crippen molar-refractivity contribution in [3.63, 3.8) is 0 Å². The van der Waals surface area contributed by atoms with Crippen LogP contribution in [-0.4, -0.2) is 31.5 Å². The zero-order valence-electron chi connectivity index (χ0n) is 14.0. The van der Waals surface area contributed by atoms with Crippen LogP contribution in [0.3, 0.4) is 0 Å². The summed E-state index contributed by atoms with van der Waals surface area (Å²) >= 11 is 1.23. The normalized spacial score (nSPS) is 11.0. The van der Waals surface area contributed by atoms with E-state index in [9.17, 15) is 9.18 Å². The van der Waals surface area contributed by atoms with Crippen LogP contribution in [0.4, 0.5) is 4.39 Å². The smallest absolute Gasteiger partial charge is 0.230 e. The van der Waals surface area contributed by atoms with Crippen LogP contribution in [0.25, 0.3) is 17.1 Å². The molecule has 0 spiro atoms. The fourth-order valence-electron chi connectivity index (χ4n) is 2.40. The Kier molecular flexibility index (Phi) is 4.84. The van der Waals surface area contributed by atoms with Gasteiger partial charge in [-0.25, -0.2) is 4.39 Å². The lowest BCUT2D eigenvalue weighted by molar-refractivity contribution is -0.118. The molecule has 0 radical (unpaired) electrons. The minimum Gasteiger partial charge on any atom is -0.463 e. The number of furan rings is 1. The molecule has 27 heavy (non-hydrogen) atoms. The molecule has 1 aromatic carbocycles. The molecule has 0 fully saturated rings. The maximum Gasteiger partial charge on any atom is 0.230 e. The Bertz CT molecular complexity index is 1060. The van der Waals surface area contributed by atoms with E-state index in [0.717, 1.165) is 5.56 Å². The first kappa shape index (κ1) is 17.2. The first-order chi connectivity index (χ1) is 13.2. The Hall–Kier alpha value is -3.20. The third-order valence-electron chi connectivity index (χ3n) is 3.74. The zero-order valence-corrected chi connectivity index (χ0v) is 14.8. The van der Waals surface area contributed by atoms with Crippen molar-refractivity contribution in [2.45, 2.75) is 11.7 Å². The van der Waals surface area contributed by atoms with Gasteiger partial charge in [0.1, 0.15) is 11.5 Å². The van der Waals surface area contributed by atoms with E-state index in [0.29, 0.717) is 28.8 Å². The molecule has 136 valence electrons. The Labute approximate surface area is 157 Å². The van der Waals surface area contributed by atoms with Crippen molar-refractivity contribution in [1.82, 2.24) is 25.1 Å². The van der Waals surface area contributed by atoms with E-state index >= 15 is 0 Å². The van der Waals surface area contributed by atoms with Crippen molar-refractivity contribution in [3.8, 4) is 11.5 Å². The van der Waals surface area contributed by atoms with Gasteiger partial charge in [0.15, 0.2) is 11.4 Å².